The van der Waals surface area contributed by atoms with E-state index in [1.165, 1.54) is 26.1 Å². The number of halogens is 1. The van der Waals surface area contributed by atoms with Gasteiger partial charge in [0.2, 0.25) is 11.8 Å². The Balaban J connectivity index is 1.39. The molecule has 1 aliphatic heterocycles. The molecule has 7 nitrogen and oxygen atoms in total. The zero-order valence-corrected chi connectivity index (χ0v) is 16.2. The fourth-order valence-electron chi connectivity index (χ4n) is 3.41. The van der Waals surface area contributed by atoms with E-state index >= 15 is 0 Å². The number of rotatable bonds is 8. The third kappa shape index (κ3) is 4.98. The number of carbonyl (C=O) groups is 1. The number of nitrogens with one attached hydrogen (secondary N) is 1. The Labute approximate surface area is 159 Å². The smallest absolute Gasteiger partial charge is 0.237 e. The van der Waals surface area contributed by atoms with Gasteiger partial charge in [0.05, 0.1) is 19.3 Å². The molecule has 1 atom stereocenters. The molecule has 0 radical (unpaired) electrons. The van der Waals surface area contributed by atoms with Crippen LogP contribution in [0.25, 0.3) is 0 Å². The average Bonchev–Trinajstić information content (AvgIpc) is 3.07. The van der Waals surface area contributed by atoms with Crippen LogP contribution in [0.4, 0.5) is 5.82 Å². The highest BCUT2D eigenvalue weighted by Gasteiger charge is 2.31. The maximum Gasteiger partial charge on any atom is 0.237 e. The first kappa shape index (κ1) is 19.2. The van der Waals surface area contributed by atoms with Crippen LogP contribution in [0.3, 0.4) is 0 Å². The number of hydrogen-bond donors (Lipinski definition) is 1. The van der Waals surface area contributed by atoms with Crippen molar-refractivity contribution in [2.75, 3.05) is 31.2 Å². The second-order valence-corrected chi connectivity index (χ2v) is 7.59. The third-order valence-corrected chi connectivity index (χ3v) is 5.16. The summed E-state index contributed by atoms with van der Waals surface area (Å²) in [6.45, 7) is 6.53. The number of aromatic nitrogens is 2. The third-order valence-electron chi connectivity index (χ3n) is 4.82. The van der Waals surface area contributed by atoms with E-state index in [0.29, 0.717) is 30.0 Å². The van der Waals surface area contributed by atoms with Crippen LogP contribution in [0.5, 0.6) is 5.88 Å². The molecular formula is C18H27ClN4O3. The predicted octanol–water partition coefficient (Wildman–Crippen LogP) is 2.43. The van der Waals surface area contributed by atoms with Crippen LogP contribution in [0.2, 0.25) is 5.02 Å². The lowest BCUT2D eigenvalue weighted by molar-refractivity contribution is -0.120. The normalized spacial score (nSPS) is 23.4. The van der Waals surface area contributed by atoms with Gasteiger partial charge in [0.1, 0.15) is 11.3 Å². The predicted molar refractivity (Wildman–Crippen MR) is 99.7 cm³/mol. The fourth-order valence-corrected chi connectivity index (χ4v) is 3.68. The summed E-state index contributed by atoms with van der Waals surface area (Å²) in [7, 11) is 0. The molecule has 2 fully saturated rings. The van der Waals surface area contributed by atoms with Crippen molar-refractivity contribution in [2.45, 2.75) is 51.7 Å². The lowest BCUT2D eigenvalue weighted by atomic mass is 9.83. The highest BCUT2D eigenvalue weighted by Crippen LogP contribution is 2.35. The number of anilines is 1. The SMILES string of the molecule is CC(=O)N[C@@H](C)COC1CC(COc2ncnc(N3CCCC3)c2Cl)C1. The molecule has 2 heterocycles. The van der Waals surface area contributed by atoms with Gasteiger partial charge in [-0.25, -0.2) is 9.97 Å². The summed E-state index contributed by atoms with van der Waals surface area (Å²) in [6.07, 6.45) is 6.00. The highest BCUT2D eigenvalue weighted by atomic mass is 35.5. The Morgan fingerprint density at radius 3 is 2.81 bits per heavy atom. The minimum absolute atomic E-state index is 0.0315. The van der Waals surface area contributed by atoms with Gasteiger partial charge in [-0.3, -0.25) is 4.79 Å². The summed E-state index contributed by atoms with van der Waals surface area (Å²) in [5.41, 5.74) is 0. The van der Waals surface area contributed by atoms with Crippen molar-refractivity contribution in [3.8, 4) is 5.88 Å². The molecule has 0 aromatic carbocycles. The molecule has 0 spiro atoms. The lowest BCUT2D eigenvalue weighted by Gasteiger charge is -2.35. The molecule has 1 saturated carbocycles. The number of carbonyl (C=O) groups excluding carboxylic acids is 1. The van der Waals surface area contributed by atoms with Gasteiger partial charge in [-0.15, -0.1) is 0 Å². The van der Waals surface area contributed by atoms with Crippen molar-refractivity contribution in [1.29, 1.82) is 0 Å². The molecule has 1 saturated heterocycles. The summed E-state index contributed by atoms with van der Waals surface area (Å²) < 4.78 is 11.6. The van der Waals surface area contributed by atoms with Crippen molar-refractivity contribution in [2.24, 2.45) is 5.92 Å². The Bertz CT molecular complexity index is 618. The molecule has 1 aliphatic carbocycles. The second kappa shape index (κ2) is 8.86. The van der Waals surface area contributed by atoms with Crippen LogP contribution >= 0.6 is 11.6 Å². The second-order valence-electron chi connectivity index (χ2n) is 7.22. The van der Waals surface area contributed by atoms with Crippen LogP contribution in [-0.4, -0.2) is 54.3 Å². The van der Waals surface area contributed by atoms with Crippen LogP contribution in [0, 0.1) is 5.92 Å². The summed E-state index contributed by atoms with van der Waals surface area (Å²) in [6, 6.07) is 0.0339. The molecule has 0 bridgehead atoms. The monoisotopic (exact) mass is 382 g/mol. The summed E-state index contributed by atoms with van der Waals surface area (Å²) in [5.74, 6) is 1.65. The average molecular weight is 383 g/mol. The molecule has 3 rings (SSSR count). The van der Waals surface area contributed by atoms with E-state index in [9.17, 15) is 4.79 Å². The van der Waals surface area contributed by atoms with E-state index in [0.717, 1.165) is 31.7 Å². The quantitative estimate of drug-likeness (QED) is 0.744. The molecule has 1 amide bonds. The van der Waals surface area contributed by atoms with Crippen molar-refractivity contribution in [3.05, 3.63) is 11.3 Å². The first-order chi connectivity index (χ1) is 12.5. The van der Waals surface area contributed by atoms with Gasteiger partial charge < -0.3 is 19.7 Å². The minimum atomic E-state index is -0.0315. The van der Waals surface area contributed by atoms with E-state index in [1.807, 2.05) is 6.92 Å². The van der Waals surface area contributed by atoms with Crippen LogP contribution in [0.1, 0.15) is 39.5 Å². The van der Waals surface area contributed by atoms with Gasteiger partial charge in [0, 0.05) is 26.1 Å². The molecule has 1 aromatic rings. The number of ether oxygens (including phenoxy) is 2. The van der Waals surface area contributed by atoms with Gasteiger partial charge in [0.15, 0.2) is 5.82 Å². The summed E-state index contributed by atoms with van der Waals surface area (Å²) in [4.78, 5) is 21.7. The first-order valence-electron chi connectivity index (χ1n) is 9.30. The topological polar surface area (TPSA) is 76.6 Å². The standard InChI is InChI=1S/C18H27ClN4O3/c1-12(22-13(2)24)9-25-15-7-14(8-15)10-26-18-16(19)17(20-11-21-18)23-5-3-4-6-23/h11-12,14-15H,3-10H2,1-2H3,(H,22,24)/t12-,14?,15?/m0/s1. The molecule has 8 heteroatoms. The van der Waals surface area contributed by atoms with E-state index < -0.39 is 0 Å². The van der Waals surface area contributed by atoms with Crippen LogP contribution < -0.4 is 15.0 Å². The Morgan fingerprint density at radius 1 is 1.38 bits per heavy atom. The maximum atomic E-state index is 11.0. The zero-order chi connectivity index (χ0) is 18.5. The van der Waals surface area contributed by atoms with Crippen LogP contribution in [-0.2, 0) is 9.53 Å². The van der Waals surface area contributed by atoms with Crippen molar-refractivity contribution in [1.82, 2.24) is 15.3 Å². The molecular weight excluding hydrogens is 356 g/mol. The number of amides is 1. The molecule has 26 heavy (non-hydrogen) atoms. The Kier molecular flexibility index (Phi) is 6.53. The molecule has 0 unspecified atom stereocenters. The molecule has 2 aliphatic rings. The van der Waals surface area contributed by atoms with E-state index in [2.05, 4.69) is 20.2 Å². The number of hydrogen-bond acceptors (Lipinski definition) is 6. The number of nitrogens with zero attached hydrogens (tertiary/aromatic N) is 3. The Hall–Kier alpha value is -1.60. The van der Waals surface area contributed by atoms with Crippen molar-refractivity contribution in [3.63, 3.8) is 0 Å². The highest BCUT2D eigenvalue weighted by molar-refractivity contribution is 6.34. The van der Waals surface area contributed by atoms with Gasteiger partial charge >= 0.3 is 0 Å². The van der Waals surface area contributed by atoms with E-state index in [1.54, 1.807) is 0 Å². The fraction of sp³-hybridized carbons (Fsp3) is 0.722. The van der Waals surface area contributed by atoms with Gasteiger partial charge in [-0.05, 0) is 38.5 Å². The van der Waals surface area contributed by atoms with Crippen molar-refractivity contribution >= 4 is 23.3 Å². The maximum absolute atomic E-state index is 11.0. The first-order valence-corrected chi connectivity index (χ1v) is 9.67. The van der Waals surface area contributed by atoms with Gasteiger partial charge in [-0.2, -0.15) is 0 Å². The molecule has 144 valence electrons. The van der Waals surface area contributed by atoms with Gasteiger partial charge in [-0.1, -0.05) is 11.6 Å². The minimum Gasteiger partial charge on any atom is -0.476 e. The summed E-state index contributed by atoms with van der Waals surface area (Å²) >= 11 is 6.44. The Morgan fingerprint density at radius 2 is 2.12 bits per heavy atom. The lowest BCUT2D eigenvalue weighted by Crippen LogP contribution is -2.40. The van der Waals surface area contributed by atoms with E-state index in [-0.39, 0.29) is 18.1 Å². The largest absolute Gasteiger partial charge is 0.476 e. The van der Waals surface area contributed by atoms with Crippen molar-refractivity contribution < 1.29 is 14.3 Å². The van der Waals surface area contributed by atoms with Crippen LogP contribution in [0.15, 0.2) is 6.33 Å². The zero-order valence-electron chi connectivity index (χ0n) is 15.4. The van der Waals surface area contributed by atoms with Gasteiger partial charge in [0.25, 0.3) is 0 Å². The molecule has 1 N–H and O–H groups in total. The summed E-state index contributed by atoms with van der Waals surface area (Å²) in [5, 5.41) is 3.32. The van der Waals surface area contributed by atoms with E-state index in [4.69, 9.17) is 21.1 Å². The molecule has 1 aromatic heterocycles.